The Morgan fingerprint density at radius 2 is 0.714 bits per heavy atom. The highest BCUT2D eigenvalue weighted by atomic mass is 32.1. The van der Waals surface area contributed by atoms with Gasteiger partial charge >= 0.3 is 0 Å². The lowest BCUT2D eigenvalue weighted by atomic mass is 9.99. The Hall–Kier alpha value is -8.96. The Labute approximate surface area is 411 Å². The van der Waals surface area contributed by atoms with Gasteiger partial charge in [-0.15, -0.1) is 11.3 Å². The second-order valence-electron chi connectivity index (χ2n) is 17.7. The summed E-state index contributed by atoms with van der Waals surface area (Å²) in [5, 5.41) is 5.11. The SMILES string of the molecule is c1ccc(-c2ccc(N(c3ccccc3)c3cc(-c4ccc5c(c4)c4c6sc7ccccc7c6ccc4n5-c4ccccc4)cc(N(c4ccccc4)c4ccc(-c5ccccc5)cc4)c3)cc2)cc1. The van der Waals surface area contributed by atoms with E-state index in [1.807, 2.05) is 11.3 Å². The molecule has 0 unspecified atom stereocenters. The fraction of sp³-hybridized carbons (Fsp3) is 0. The maximum atomic E-state index is 2.44. The molecule has 0 amide bonds. The van der Waals surface area contributed by atoms with Crippen LogP contribution < -0.4 is 9.80 Å². The van der Waals surface area contributed by atoms with Crippen molar-refractivity contribution in [3.05, 3.63) is 273 Å². The van der Waals surface area contributed by atoms with Crippen LogP contribution in [-0.4, -0.2) is 4.57 Å². The summed E-state index contributed by atoms with van der Waals surface area (Å²) < 4.78 is 5.05. The summed E-state index contributed by atoms with van der Waals surface area (Å²) in [5.74, 6) is 0. The van der Waals surface area contributed by atoms with Crippen molar-refractivity contribution in [2.24, 2.45) is 0 Å². The van der Waals surface area contributed by atoms with Crippen molar-refractivity contribution in [1.82, 2.24) is 4.57 Å². The van der Waals surface area contributed by atoms with Gasteiger partial charge in [0.15, 0.2) is 0 Å². The number of fused-ring (bicyclic) bond motifs is 7. The molecule has 4 heteroatoms. The summed E-state index contributed by atoms with van der Waals surface area (Å²) in [5.41, 5.74) is 16.9. The van der Waals surface area contributed by atoms with Crippen LogP contribution in [0, 0.1) is 0 Å². The monoisotopic (exact) mass is 911 g/mol. The van der Waals surface area contributed by atoms with Crippen LogP contribution >= 0.6 is 11.3 Å². The first-order valence-electron chi connectivity index (χ1n) is 23.8. The molecule has 330 valence electrons. The van der Waals surface area contributed by atoms with E-state index < -0.39 is 0 Å². The Kier molecular flexibility index (Phi) is 10.4. The molecule has 0 aliphatic rings. The molecule has 0 spiro atoms. The topological polar surface area (TPSA) is 11.4 Å². The Balaban J connectivity index is 1.06. The van der Waals surface area contributed by atoms with Gasteiger partial charge in [-0.2, -0.15) is 0 Å². The number of rotatable bonds is 10. The molecule has 0 fully saturated rings. The summed E-state index contributed by atoms with van der Waals surface area (Å²) in [6.07, 6.45) is 0. The molecule has 70 heavy (non-hydrogen) atoms. The van der Waals surface area contributed by atoms with Gasteiger partial charge in [0.25, 0.3) is 0 Å². The number of benzene rings is 11. The second-order valence-corrected chi connectivity index (χ2v) is 18.8. The van der Waals surface area contributed by atoms with Crippen LogP contribution in [0.2, 0.25) is 0 Å². The third-order valence-electron chi connectivity index (χ3n) is 13.5. The second kappa shape index (κ2) is 17.6. The smallest absolute Gasteiger partial charge is 0.0555 e. The number of aromatic nitrogens is 1. The van der Waals surface area contributed by atoms with Crippen molar-refractivity contribution in [3.63, 3.8) is 0 Å². The van der Waals surface area contributed by atoms with Gasteiger partial charge in [0, 0.05) is 70.8 Å². The van der Waals surface area contributed by atoms with Gasteiger partial charge in [-0.05, 0) is 137 Å². The quantitative estimate of drug-likeness (QED) is 0.135. The largest absolute Gasteiger partial charge is 0.310 e. The molecule has 3 nitrogen and oxygen atoms in total. The lowest BCUT2D eigenvalue weighted by Gasteiger charge is -2.30. The highest BCUT2D eigenvalue weighted by molar-refractivity contribution is 7.26. The number of para-hydroxylation sites is 3. The van der Waals surface area contributed by atoms with Crippen molar-refractivity contribution in [3.8, 4) is 39.1 Å². The van der Waals surface area contributed by atoms with Crippen LogP contribution in [0.5, 0.6) is 0 Å². The van der Waals surface area contributed by atoms with E-state index in [0.717, 1.165) is 50.9 Å². The fourth-order valence-corrected chi connectivity index (χ4v) is 11.5. The zero-order valence-corrected chi connectivity index (χ0v) is 39.0. The Bertz CT molecular complexity index is 3810. The molecular weight excluding hydrogens is 867 g/mol. The molecule has 2 aromatic heterocycles. The zero-order chi connectivity index (χ0) is 46.4. The van der Waals surface area contributed by atoms with Crippen LogP contribution in [-0.2, 0) is 0 Å². The molecule has 11 aromatic carbocycles. The fourth-order valence-electron chi connectivity index (χ4n) is 10.3. The summed E-state index contributed by atoms with van der Waals surface area (Å²) in [6, 6.07) is 99.1. The maximum absolute atomic E-state index is 2.44. The third-order valence-corrected chi connectivity index (χ3v) is 14.7. The van der Waals surface area contributed by atoms with Crippen molar-refractivity contribution in [1.29, 1.82) is 0 Å². The van der Waals surface area contributed by atoms with Crippen molar-refractivity contribution in [2.45, 2.75) is 0 Å². The minimum Gasteiger partial charge on any atom is -0.310 e. The lowest BCUT2D eigenvalue weighted by Crippen LogP contribution is -2.13. The lowest BCUT2D eigenvalue weighted by molar-refractivity contribution is 1.18. The number of hydrogen-bond donors (Lipinski definition) is 0. The minimum absolute atomic E-state index is 1.05. The number of thiophene rings is 1. The summed E-state index contributed by atoms with van der Waals surface area (Å²) in [6.45, 7) is 0. The zero-order valence-electron chi connectivity index (χ0n) is 38.2. The van der Waals surface area contributed by atoms with Gasteiger partial charge in [-0.3, -0.25) is 0 Å². The van der Waals surface area contributed by atoms with E-state index in [1.165, 1.54) is 64.2 Å². The van der Waals surface area contributed by atoms with Crippen molar-refractivity contribution < 1.29 is 0 Å². The van der Waals surface area contributed by atoms with Gasteiger partial charge in [-0.25, -0.2) is 0 Å². The molecule has 0 saturated carbocycles. The van der Waals surface area contributed by atoms with Crippen LogP contribution in [0.25, 0.3) is 81.0 Å². The number of anilines is 6. The predicted octanol–water partition coefficient (Wildman–Crippen LogP) is 19.1. The van der Waals surface area contributed by atoms with Gasteiger partial charge < -0.3 is 14.4 Å². The van der Waals surface area contributed by atoms with E-state index in [1.54, 1.807) is 0 Å². The number of hydrogen-bond acceptors (Lipinski definition) is 3. The minimum atomic E-state index is 1.05. The Morgan fingerprint density at radius 3 is 1.27 bits per heavy atom. The number of nitrogens with zero attached hydrogens (tertiary/aromatic N) is 3. The van der Waals surface area contributed by atoms with Crippen molar-refractivity contribution >= 4 is 87.4 Å². The molecule has 0 atom stereocenters. The van der Waals surface area contributed by atoms with E-state index in [4.69, 9.17) is 0 Å². The predicted molar refractivity (Wildman–Crippen MR) is 299 cm³/mol. The van der Waals surface area contributed by atoms with Gasteiger partial charge in [0.1, 0.15) is 0 Å². The van der Waals surface area contributed by atoms with Crippen LogP contribution in [0.4, 0.5) is 34.1 Å². The Morgan fingerprint density at radius 1 is 0.271 bits per heavy atom. The van der Waals surface area contributed by atoms with E-state index in [2.05, 4.69) is 287 Å². The maximum Gasteiger partial charge on any atom is 0.0555 e. The first kappa shape index (κ1) is 41.2. The molecule has 0 radical (unpaired) electrons. The molecule has 0 aliphatic heterocycles. The van der Waals surface area contributed by atoms with Gasteiger partial charge in [0.05, 0.1) is 11.0 Å². The van der Waals surface area contributed by atoms with E-state index in [9.17, 15) is 0 Å². The molecule has 13 rings (SSSR count). The first-order chi connectivity index (χ1) is 34.7. The molecule has 0 bridgehead atoms. The average Bonchev–Trinajstić information content (AvgIpc) is 3.98. The third kappa shape index (κ3) is 7.39. The van der Waals surface area contributed by atoms with Gasteiger partial charge in [0.2, 0.25) is 0 Å². The highest BCUT2D eigenvalue weighted by Crippen LogP contribution is 2.47. The van der Waals surface area contributed by atoms with Crippen LogP contribution in [0.15, 0.2) is 273 Å². The summed E-state index contributed by atoms with van der Waals surface area (Å²) in [7, 11) is 0. The molecular formula is C66H45N3S. The van der Waals surface area contributed by atoms with E-state index in [0.29, 0.717) is 0 Å². The van der Waals surface area contributed by atoms with E-state index in [-0.39, 0.29) is 0 Å². The molecule has 0 saturated heterocycles. The van der Waals surface area contributed by atoms with Crippen LogP contribution in [0.3, 0.4) is 0 Å². The average molecular weight is 912 g/mol. The molecule has 2 heterocycles. The first-order valence-corrected chi connectivity index (χ1v) is 24.6. The highest BCUT2D eigenvalue weighted by Gasteiger charge is 2.22. The van der Waals surface area contributed by atoms with Crippen molar-refractivity contribution in [2.75, 3.05) is 9.80 Å². The molecule has 13 aromatic rings. The summed E-state index contributed by atoms with van der Waals surface area (Å²) >= 11 is 1.89. The molecule has 0 N–H and O–H groups in total. The normalized spacial score (nSPS) is 11.4. The standard InChI is InChI=1S/C66H45N3S/c1-6-18-46(19-7-1)48-30-35-55(36-31-48)67(52-22-10-3-11-23-52)57-42-51(43-58(45-57)68(53-24-12-4-13-25-53)56-37-32-49(33-38-56)47-20-8-2-9-21-47)50-34-40-62-61(44-50)65-63(69(62)54-26-14-5-15-27-54)41-39-60-59-28-16-17-29-64(59)70-66(60)65/h1-45H. The summed E-state index contributed by atoms with van der Waals surface area (Å²) in [4.78, 5) is 4.79. The molecule has 0 aliphatic carbocycles. The van der Waals surface area contributed by atoms with Crippen LogP contribution in [0.1, 0.15) is 0 Å². The van der Waals surface area contributed by atoms with E-state index >= 15 is 0 Å². The van der Waals surface area contributed by atoms with Gasteiger partial charge in [-0.1, -0.05) is 170 Å².